The second-order valence-electron chi connectivity index (χ2n) is 7.69. The van der Waals surface area contributed by atoms with E-state index in [0.717, 1.165) is 0 Å². The lowest BCUT2D eigenvalue weighted by atomic mass is 9.96. The van der Waals surface area contributed by atoms with Crippen molar-refractivity contribution in [2.24, 2.45) is 0 Å². The number of sulfonamides is 1. The Labute approximate surface area is 195 Å². The second-order valence-corrected chi connectivity index (χ2v) is 10.0. The molecule has 0 spiro atoms. The topological polar surface area (TPSA) is 49.9 Å². The molecule has 1 saturated heterocycles. The Morgan fingerprint density at radius 3 is 1.97 bits per heavy atom. The van der Waals surface area contributed by atoms with Gasteiger partial charge in [0.05, 0.1) is 12.6 Å². The molecule has 0 atom stereocenters. The standard InChI is InChI=1S/C25H27ClN2O3S/c1-2-31-23-19-22(26)13-14-24(23)32(29,30)28-17-15-27(16-18-28)25(20-9-5-3-6-10-20)21-11-7-4-8-12-21/h3-14,19,25H,2,15-18H2,1H3. The summed E-state index contributed by atoms with van der Waals surface area (Å²) in [5.74, 6) is 0.300. The molecule has 0 unspecified atom stereocenters. The van der Waals surface area contributed by atoms with Gasteiger partial charge in [-0.3, -0.25) is 4.90 Å². The molecule has 0 aliphatic carbocycles. The van der Waals surface area contributed by atoms with Crippen molar-refractivity contribution in [2.45, 2.75) is 17.9 Å². The number of ether oxygens (including phenoxy) is 1. The van der Waals surface area contributed by atoms with Crippen LogP contribution in [0.4, 0.5) is 0 Å². The first-order valence-electron chi connectivity index (χ1n) is 10.8. The van der Waals surface area contributed by atoms with E-state index in [4.69, 9.17) is 16.3 Å². The summed E-state index contributed by atoms with van der Waals surface area (Å²) in [6.07, 6.45) is 0. The largest absolute Gasteiger partial charge is 0.492 e. The van der Waals surface area contributed by atoms with Gasteiger partial charge in [0.25, 0.3) is 0 Å². The van der Waals surface area contributed by atoms with Crippen LogP contribution < -0.4 is 4.74 Å². The molecule has 1 heterocycles. The van der Waals surface area contributed by atoms with Gasteiger partial charge in [0.2, 0.25) is 10.0 Å². The summed E-state index contributed by atoms with van der Waals surface area (Å²) < 4.78 is 33.9. The predicted octanol–water partition coefficient (Wildman–Crippen LogP) is 4.83. The number of hydrogen-bond acceptors (Lipinski definition) is 4. The first-order chi connectivity index (χ1) is 15.5. The number of benzene rings is 3. The van der Waals surface area contributed by atoms with Crippen molar-refractivity contribution in [3.8, 4) is 5.75 Å². The van der Waals surface area contributed by atoms with Crippen molar-refractivity contribution in [3.05, 3.63) is 95.0 Å². The van der Waals surface area contributed by atoms with Crippen molar-refractivity contribution >= 4 is 21.6 Å². The minimum Gasteiger partial charge on any atom is -0.492 e. The third-order valence-corrected chi connectivity index (χ3v) is 7.87. The maximum Gasteiger partial charge on any atom is 0.246 e. The van der Waals surface area contributed by atoms with Crippen LogP contribution in [0.2, 0.25) is 5.02 Å². The summed E-state index contributed by atoms with van der Waals surface area (Å²) in [6.45, 7) is 4.27. The molecule has 0 bridgehead atoms. The summed E-state index contributed by atoms with van der Waals surface area (Å²) in [5, 5.41) is 0.450. The molecule has 3 aromatic carbocycles. The van der Waals surface area contributed by atoms with E-state index in [2.05, 4.69) is 29.2 Å². The van der Waals surface area contributed by atoms with E-state index in [0.29, 0.717) is 43.6 Å². The first kappa shape index (κ1) is 22.8. The van der Waals surface area contributed by atoms with E-state index >= 15 is 0 Å². The average molecular weight is 471 g/mol. The van der Waals surface area contributed by atoms with E-state index in [1.54, 1.807) is 16.4 Å². The monoisotopic (exact) mass is 470 g/mol. The van der Waals surface area contributed by atoms with E-state index in [1.807, 2.05) is 43.3 Å². The number of piperazine rings is 1. The van der Waals surface area contributed by atoms with Crippen LogP contribution in [0.3, 0.4) is 0 Å². The normalized spacial score (nSPS) is 15.7. The Kier molecular flexibility index (Phi) is 7.16. The van der Waals surface area contributed by atoms with Crippen molar-refractivity contribution in [1.29, 1.82) is 0 Å². The fraction of sp³-hybridized carbons (Fsp3) is 0.280. The van der Waals surface area contributed by atoms with Gasteiger partial charge in [-0.1, -0.05) is 72.3 Å². The van der Waals surface area contributed by atoms with Gasteiger partial charge in [-0.05, 0) is 30.2 Å². The van der Waals surface area contributed by atoms with Crippen LogP contribution in [0.25, 0.3) is 0 Å². The van der Waals surface area contributed by atoms with Gasteiger partial charge in [-0.25, -0.2) is 8.42 Å². The summed E-state index contributed by atoms with van der Waals surface area (Å²) in [5.41, 5.74) is 2.40. The van der Waals surface area contributed by atoms with Crippen LogP contribution in [0, 0.1) is 0 Å². The number of nitrogens with zero attached hydrogens (tertiary/aromatic N) is 2. The SMILES string of the molecule is CCOc1cc(Cl)ccc1S(=O)(=O)N1CCN(C(c2ccccc2)c2ccccc2)CC1. The fourth-order valence-electron chi connectivity index (χ4n) is 4.19. The molecule has 0 radical (unpaired) electrons. The third-order valence-electron chi connectivity index (χ3n) is 5.69. The maximum atomic E-state index is 13.4. The molecular weight excluding hydrogens is 444 g/mol. The molecule has 1 fully saturated rings. The van der Waals surface area contributed by atoms with Crippen LogP contribution in [0.5, 0.6) is 5.75 Å². The summed E-state index contributed by atoms with van der Waals surface area (Å²) >= 11 is 6.06. The van der Waals surface area contributed by atoms with Gasteiger partial charge < -0.3 is 4.74 Å². The van der Waals surface area contributed by atoms with Crippen molar-refractivity contribution in [2.75, 3.05) is 32.8 Å². The highest BCUT2D eigenvalue weighted by Gasteiger charge is 2.33. The van der Waals surface area contributed by atoms with Gasteiger partial charge in [0, 0.05) is 37.3 Å². The molecule has 1 aliphatic heterocycles. The van der Waals surface area contributed by atoms with Crippen LogP contribution in [-0.2, 0) is 10.0 Å². The summed E-state index contributed by atoms with van der Waals surface area (Å²) in [4.78, 5) is 2.52. The van der Waals surface area contributed by atoms with E-state index in [9.17, 15) is 8.42 Å². The number of rotatable bonds is 7. The Hall–Kier alpha value is -2.38. The number of hydrogen-bond donors (Lipinski definition) is 0. The van der Waals surface area contributed by atoms with Crippen LogP contribution >= 0.6 is 11.6 Å². The average Bonchev–Trinajstić information content (AvgIpc) is 2.81. The summed E-state index contributed by atoms with van der Waals surface area (Å²) in [7, 11) is -3.69. The zero-order valence-electron chi connectivity index (χ0n) is 18.0. The Morgan fingerprint density at radius 1 is 0.875 bits per heavy atom. The van der Waals surface area contributed by atoms with Crippen LogP contribution in [-0.4, -0.2) is 50.4 Å². The first-order valence-corrected chi connectivity index (χ1v) is 12.6. The zero-order chi connectivity index (χ0) is 22.6. The Balaban J connectivity index is 1.57. The van der Waals surface area contributed by atoms with Gasteiger partial charge in [0.1, 0.15) is 10.6 Å². The molecular formula is C25H27ClN2O3S. The lowest BCUT2D eigenvalue weighted by Gasteiger charge is -2.39. The quantitative estimate of drug-likeness (QED) is 0.496. The van der Waals surface area contributed by atoms with Crippen molar-refractivity contribution in [3.63, 3.8) is 0 Å². The third kappa shape index (κ3) is 4.84. The van der Waals surface area contributed by atoms with Crippen molar-refractivity contribution < 1.29 is 13.2 Å². The zero-order valence-corrected chi connectivity index (χ0v) is 19.6. The molecule has 3 aromatic rings. The highest BCUT2D eigenvalue weighted by molar-refractivity contribution is 7.89. The lowest BCUT2D eigenvalue weighted by molar-refractivity contribution is 0.155. The molecule has 7 heteroatoms. The molecule has 4 rings (SSSR count). The fourth-order valence-corrected chi connectivity index (χ4v) is 5.89. The predicted molar refractivity (Wildman–Crippen MR) is 128 cm³/mol. The molecule has 5 nitrogen and oxygen atoms in total. The smallest absolute Gasteiger partial charge is 0.246 e. The lowest BCUT2D eigenvalue weighted by Crippen LogP contribution is -2.49. The van der Waals surface area contributed by atoms with Crippen LogP contribution in [0.1, 0.15) is 24.1 Å². The van der Waals surface area contributed by atoms with E-state index in [1.165, 1.54) is 17.2 Å². The van der Waals surface area contributed by atoms with Crippen molar-refractivity contribution in [1.82, 2.24) is 9.21 Å². The molecule has 1 aliphatic rings. The van der Waals surface area contributed by atoms with Crippen LogP contribution in [0.15, 0.2) is 83.8 Å². The van der Waals surface area contributed by atoms with Gasteiger partial charge in [-0.15, -0.1) is 0 Å². The molecule has 0 saturated carbocycles. The molecule has 0 N–H and O–H groups in total. The highest BCUT2D eigenvalue weighted by atomic mass is 35.5. The van der Waals surface area contributed by atoms with E-state index < -0.39 is 10.0 Å². The molecule has 0 amide bonds. The van der Waals surface area contributed by atoms with Gasteiger partial charge >= 0.3 is 0 Å². The maximum absolute atomic E-state index is 13.4. The Bertz CT molecular complexity index is 1090. The molecule has 0 aromatic heterocycles. The van der Waals surface area contributed by atoms with Gasteiger partial charge in [0.15, 0.2) is 0 Å². The Morgan fingerprint density at radius 2 is 1.44 bits per heavy atom. The minimum atomic E-state index is -3.69. The molecule has 168 valence electrons. The highest BCUT2D eigenvalue weighted by Crippen LogP contribution is 2.33. The second kappa shape index (κ2) is 10.0. The minimum absolute atomic E-state index is 0.0803. The molecule has 32 heavy (non-hydrogen) atoms. The number of halogens is 1. The summed E-state index contributed by atoms with van der Waals surface area (Å²) in [6, 6.07) is 25.5. The van der Waals surface area contributed by atoms with Gasteiger partial charge in [-0.2, -0.15) is 4.31 Å². The van der Waals surface area contributed by atoms with E-state index in [-0.39, 0.29) is 10.9 Å².